The average molecular weight is 375 g/mol. The normalized spacial score (nSPS) is 20.7. The van der Waals surface area contributed by atoms with Crippen molar-refractivity contribution in [1.29, 1.82) is 0 Å². The van der Waals surface area contributed by atoms with Gasteiger partial charge in [-0.25, -0.2) is 0 Å². The van der Waals surface area contributed by atoms with Crippen LogP contribution in [0.25, 0.3) is 0 Å². The van der Waals surface area contributed by atoms with Gasteiger partial charge >= 0.3 is 5.97 Å². The van der Waals surface area contributed by atoms with Gasteiger partial charge in [0.05, 0.1) is 12.5 Å². The summed E-state index contributed by atoms with van der Waals surface area (Å²) in [6, 6.07) is 4.50. The van der Waals surface area contributed by atoms with E-state index in [4.69, 9.17) is 0 Å². The highest BCUT2D eigenvalue weighted by molar-refractivity contribution is 5.78. The van der Waals surface area contributed by atoms with Crippen LogP contribution in [0, 0.1) is 25.7 Å². The van der Waals surface area contributed by atoms with E-state index in [9.17, 15) is 14.7 Å². The molecule has 1 saturated heterocycles. The molecule has 0 bridgehead atoms. The maximum absolute atomic E-state index is 12.2. The molecule has 27 heavy (non-hydrogen) atoms. The third kappa shape index (κ3) is 5.55. The number of carbonyl (C=O) groups is 2. The second-order valence-electron chi connectivity index (χ2n) is 9.05. The largest absolute Gasteiger partial charge is 0.481 e. The summed E-state index contributed by atoms with van der Waals surface area (Å²) in [6.07, 6.45) is 0.808. The fourth-order valence-electron chi connectivity index (χ4n) is 3.92. The molecule has 150 valence electrons. The lowest BCUT2D eigenvalue weighted by atomic mass is 9.83. The highest BCUT2D eigenvalue weighted by atomic mass is 16.4. The summed E-state index contributed by atoms with van der Waals surface area (Å²) in [5.74, 6) is -1.09. The van der Waals surface area contributed by atoms with Gasteiger partial charge in [-0.3, -0.25) is 14.5 Å². The summed E-state index contributed by atoms with van der Waals surface area (Å²) < 4.78 is 0. The quantitative estimate of drug-likeness (QED) is 0.803. The van der Waals surface area contributed by atoms with Gasteiger partial charge in [-0.2, -0.15) is 0 Å². The van der Waals surface area contributed by atoms with Crippen LogP contribution in [-0.4, -0.2) is 48.1 Å². The van der Waals surface area contributed by atoms with E-state index < -0.39 is 5.97 Å². The Balaban J connectivity index is 1.86. The number of amides is 1. The standard InChI is InChI=1S/C22H34N2O3/c1-14-9-17(22(4,5)6)10-15(2)18(14)7-8-23-20(25)13-24-11-16(3)19(12-24)21(26)27/h9-10,16,19H,7-8,11-13H2,1-6H3,(H,23,25)(H,26,27)/t16-,19-/m1/s1. The van der Waals surface area contributed by atoms with Gasteiger partial charge in [-0.15, -0.1) is 0 Å². The number of nitrogens with zero attached hydrogens (tertiary/aromatic N) is 1. The lowest BCUT2D eigenvalue weighted by molar-refractivity contribution is -0.142. The maximum Gasteiger partial charge on any atom is 0.308 e. The van der Waals surface area contributed by atoms with Crippen molar-refractivity contribution in [3.8, 4) is 0 Å². The van der Waals surface area contributed by atoms with Crippen molar-refractivity contribution < 1.29 is 14.7 Å². The Morgan fingerprint density at radius 1 is 1.19 bits per heavy atom. The van der Waals surface area contributed by atoms with E-state index in [0.717, 1.165) is 6.42 Å². The summed E-state index contributed by atoms with van der Waals surface area (Å²) in [4.78, 5) is 25.4. The van der Waals surface area contributed by atoms with Crippen molar-refractivity contribution in [2.45, 2.75) is 53.4 Å². The summed E-state index contributed by atoms with van der Waals surface area (Å²) in [6.45, 7) is 14.8. The minimum Gasteiger partial charge on any atom is -0.481 e. The number of aliphatic carboxylic acids is 1. The van der Waals surface area contributed by atoms with Crippen LogP contribution in [-0.2, 0) is 21.4 Å². The monoisotopic (exact) mass is 374 g/mol. The predicted octanol–water partition coefficient (Wildman–Crippen LogP) is 2.91. The van der Waals surface area contributed by atoms with Crippen LogP contribution >= 0.6 is 0 Å². The minimum atomic E-state index is -0.768. The third-order valence-corrected chi connectivity index (χ3v) is 5.63. The molecule has 0 radical (unpaired) electrons. The molecule has 5 heteroatoms. The number of carbonyl (C=O) groups excluding carboxylic acids is 1. The zero-order valence-corrected chi connectivity index (χ0v) is 17.6. The van der Waals surface area contributed by atoms with E-state index in [1.165, 1.54) is 22.3 Å². The van der Waals surface area contributed by atoms with Crippen molar-refractivity contribution in [1.82, 2.24) is 10.2 Å². The number of benzene rings is 1. The predicted molar refractivity (Wildman–Crippen MR) is 108 cm³/mol. The van der Waals surface area contributed by atoms with Crippen LogP contribution in [0.5, 0.6) is 0 Å². The van der Waals surface area contributed by atoms with Crippen molar-refractivity contribution in [3.63, 3.8) is 0 Å². The lowest BCUT2D eigenvalue weighted by Crippen LogP contribution is -2.37. The van der Waals surface area contributed by atoms with Crippen LogP contribution in [0.4, 0.5) is 0 Å². The fourth-order valence-corrected chi connectivity index (χ4v) is 3.92. The second kappa shape index (κ2) is 8.42. The molecule has 0 spiro atoms. The number of carboxylic acids is 1. The van der Waals surface area contributed by atoms with E-state index in [1.807, 2.05) is 11.8 Å². The van der Waals surface area contributed by atoms with Crippen molar-refractivity contribution in [2.75, 3.05) is 26.2 Å². The lowest BCUT2D eigenvalue weighted by Gasteiger charge is -2.22. The Hall–Kier alpha value is -1.88. The van der Waals surface area contributed by atoms with Gasteiger partial charge < -0.3 is 10.4 Å². The second-order valence-corrected chi connectivity index (χ2v) is 9.05. The number of aryl methyl sites for hydroxylation is 2. The van der Waals surface area contributed by atoms with Gasteiger partial charge in [0.1, 0.15) is 0 Å². The first-order chi connectivity index (χ1) is 12.5. The molecule has 1 amide bonds. The van der Waals surface area contributed by atoms with E-state index in [-0.39, 0.29) is 29.7 Å². The molecule has 5 nitrogen and oxygen atoms in total. The highest BCUT2D eigenvalue weighted by Crippen LogP contribution is 2.27. The van der Waals surface area contributed by atoms with Crippen LogP contribution in [0.2, 0.25) is 0 Å². The molecule has 1 heterocycles. The summed E-state index contributed by atoms with van der Waals surface area (Å²) in [5, 5.41) is 12.2. The van der Waals surface area contributed by atoms with Gasteiger partial charge in [0.15, 0.2) is 0 Å². The zero-order valence-electron chi connectivity index (χ0n) is 17.6. The first-order valence-corrected chi connectivity index (χ1v) is 9.81. The minimum absolute atomic E-state index is 0.0325. The van der Waals surface area contributed by atoms with Gasteiger partial charge in [0.2, 0.25) is 5.91 Å². The van der Waals surface area contributed by atoms with Crippen molar-refractivity contribution >= 4 is 11.9 Å². The van der Waals surface area contributed by atoms with Crippen LogP contribution in [0.15, 0.2) is 12.1 Å². The summed E-state index contributed by atoms with van der Waals surface area (Å²) in [5.41, 5.74) is 5.30. The van der Waals surface area contributed by atoms with Crippen LogP contribution < -0.4 is 5.32 Å². The summed E-state index contributed by atoms with van der Waals surface area (Å²) in [7, 11) is 0. The van der Waals surface area contributed by atoms with E-state index in [0.29, 0.717) is 19.6 Å². The Labute approximate surface area is 163 Å². The Kier molecular flexibility index (Phi) is 6.68. The van der Waals surface area contributed by atoms with Crippen LogP contribution in [0.3, 0.4) is 0 Å². The average Bonchev–Trinajstić information content (AvgIpc) is 2.89. The van der Waals surface area contributed by atoms with E-state index in [2.05, 4.69) is 52.1 Å². The van der Waals surface area contributed by atoms with Crippen LogP contribution in [0.1, 0.15) is 49.9 Å². The number of hydrogen-bond donors (Lipinski definition) is 2. The number of hydrogen-bond acceptors (Lipinski definition) is 3. The molecule has 1 aliphatic rings. The van der Waals surface area contributed by atoms with E-state index in [1.54, 1.807) is 0 Å². The fraction of sp³-hybridized carbons (Fsp3) is 0.636. The summed E-state index contributed by atoms with van der Waals surface area (Å²) >= 11 is 0. The molecule has 0 saturated carbocycles. The molecule has 1 aromatic rings. The Bertz CT molecular complexity index is 683. The molecule has 1 fully saturated rings. The topological polar surface area (TPSA) is 69.6 Å². The molecular weight excluding hydrogens is 340 g/mol. The SMILES string of the molecule is Cc1cc(C(C)(C)C)cc(C)c1CCNC(=O)CN1C[C@@H](C)[C@H](C(=O)O)C1. The number of rotatable bonds is 6. The molecule has 0 aromatic heterocycles. The first-order valence-electron chi connectivity index (χ1n) is 9.81. The molecule has 2 rings (SSSR count). The van der Waals surface area contributed by atoms with Gasteiger partial charge in [0.25, 0.3) is 0 Å². The van der Waals surface area contributed by atoms with Gasteiger partial charge in [0, 0.05) is 19.6 Å². The number of nitrogens with one attached hydrogen (secondary N) is 1. The Morgan fingerprint density at radius 2 is 1.78 bits per heavy atom. The Morgan fingerprint density at radius 3 is 2.26 bits per heavy atom. The van der Waals surface area contributed by atoms with E-state index >= 15 is 0 Å². The molecule has 2 N–H and O–H groups in total. The number of carboxylic acid groups (broad SMARTS) is 1. The highest BCUT2D eigenvalue weighted by Gasteiger charge is 2.35. The van der Waals surface area contributed by atoms with Crippen molar-refractivity contribution in [2.24, 2.45) is 11.8 Å². The molecular formula is C22H34N2O3. The molecule has 0 aliphatic carbocycles. The van der Waals surface area contributed by atoms with Gasteiger partial charge in [-0.05, 0) is 53.9 Å². The molecule has 1 aliphatic heterocycles. The van der Waals surface area contributed by atoms with Crippen molar-refractivity contribution in [3.05, 3.63) is 34.4 Å². The zero-order chi connectivity index (χ0) is 20.4. The van der Waals surface area contributed by atoms with Gasteiger partial charge in [-0.1, -0.05) is 39.8 Å². The molecule has 0 unspecified atom stereocenters. The maximum atomic E-state index is 12.2. The molecule has 1 aromatic carbocycles. The number of likely N-dealkylation sites (tertiary alicyclic amines) is 1. The first kappa shape index (κ1) is 21.4. The molecule has 2 atom stereocenters. The third-order valence-electron chi connectivity index (χ3n) is 5.63. The smallest absolute Gasteiger partial charge is 0.308 e.